The highest BCUT2D eigenvalue weighted by Crippen LogP contribution is 2.40. The van der Waals surface area contributed by atoms with Crippen LogP contribution in [0.2, 0.25) is 0 Å². The van der Waals surface area contributed by atoms with Gasteiger partial charge in [0.1, 0.15) is 0 Å². The summed E-state index contributed by atoms with van der Waals surface area (Å²) in [6.45, 7) is 3.97. The normalized spacial score (nSPS) is 22.5. The summed E-state index contributed by atoms with van der Waals surface area (Å²) in [5, 5.41) is 3.48. The second-order valence-electron chi connectivity index (χ2n) is 7.13. The molecule has 0 unspecified atom stereocenters. The molecule has 26 heavy (non-hydrogen) atoms. The first-order valence-corrected chi connectivity index (χ1v) is 9.44. The molecule has 6 heteroatoms. The van der Waals surface area contributed by atoms with Crippen LogP contribution in [-0.4, -0.2) is 58.3 Å². The SMILES string of the molecule is COc1ccc(CCC(=O)N2CC[C@@H]3CNC[C@@H]3CC2)c(OC)c1OC. The minimum Gasteiger partial charge on any atom is -0.493 e. The van der Waals surface area contributed by atoms with Gasteiger partial charge in [0.15, 0.2) is 11.5 Å². The minimum absolute atomic E-state index is 0.231. The van der Waals surface area contributed by atoms with E-state index >= 15 is 0 Å². The molecule has 1 aromatic carbocycles. The van der Waals surface area contributed by atoms with Crippen molar-refractivity contribution in [3.8, 4) is 17.2 Å². The van der Waals surface area contributed by atoms with Crippen molar-refractivity contribution in [2.24, 2.45) is 11.8 Å². The fourth-order valence-electron chi connectivity index (χ4n) is 4.23. The van der Waals surface area contributed by atoms with Gasteiger partial charge in [-0.05, 0) is 55.8 Å². The number of benzene rings is 1. The van der Waals surface area contributed by atoms with Crippen molar-refractivity contribution in [2.75, 3.05) is 47.5 Å². The molecule has 2 saturated heterocycles. The molecule has 2 aliphatic heterocycles. The van der Waals surface area contributed by atoms with Crippen LogP contribution in [0.15, 0.2) is 12.1 Å². The van der Waals surface area contributed by atoms with Crippen molar-refractivity contribution in [2.45, 2.75) is 25.7 Å². The summed E-state index contributed by atoms with van der Waals surface area (Å²) >= 11 is 0. The summed E-state index contributed by atoms with van der Waals surface area (Å²) in [4.78, 5) is 14.8. The van der Waals surface area contributed by atoms with Crippen molar-refractivity contribution in [1.82, 2.24) is 10.2 Å². The van der Waals surface area contributed by atoms with Crippen LogP contribution in [0.1, 0.15) is 24.8 Å². The van der Waals surface area contributed by atoms with Gasteiger partial charge in [-0.1, -0.05) is 6.07 Å². The number of aryl methyl sites for hydroxylation is 1. The standard InChI is InChI=1S/C20H30N2O4/c1-24-17-6-4-14(19(25-2)20(17)26-3)5-7-18(23)22-10-8-15-12-21-13-16(15)9-11-22/h4,6,15-16,21H,5,7-13H2,1-3H3/t15-,16+. The Morgan fingerprint density at radius 3 is 2.27 bits per heavy atom. The lowest BCUT2D eigenvalue weighted by Gasteiger charge is -2.21. The zero-order chi connectivity index (χ0) is 18.5. The Balaban J connectivity index is 1.62. The molecule has 2 heterocycles. The predicted octanol–water partition coefficient (Wildman–Crippen LogP) is 2.10. The molecular formula is C20H30N2O4. The largest absolute Gasteiger partial charge is 0.493 e. The van der Waals surface area contributed by atoms with Crippen LogP contribution in [0, 0.1) is 11.8 Å². The maximum absolute atomic E-state index is 12.7. The minimum atomic E-state index is 0.231. The number of nitrogens with zero attached hydrogens (tertiary/aromatic N) is 1. The van der Waals surface area contributed by atoms with E-state index in [1.54, 1.807) is 21.3 Å². The van der Waals surface area contributed by atoms with Crippen molar-refractivity contribution >= 4 is 5.91 Å². The van der Waals surface area contributed by atoms with E-state index in [0.29, 0.717) is 30.1 Å². The highest BCUT2D eigenvalue weighted by atomic mass is 16.5. The predicted molar refractivity (Wildman–Crippen MR) is 100 cm³/mol. The number of hydrogen-bond donors (Lipinski definition) is 1. The van der Waals surface area contributed by atoms with Crippen LogP contribution in [0.5, 0.6) is 17.2 Å². The van der Waals surface area contributed by atoms with E-state index in [4.69, 9.17) is 14.2 Å². The third kappa shape index (κ3) is 3.90. The fourth-order valence-corrected chi connectivity index (χ4v) is 4.23. The molecule has 0 aliphatic carbocycles. The lowest BCUT2D eigenvalue weighted by molar-refractivity contribution is -0.131. The lowest BCUT2D eigenvalue weighted by atomic mass is 9.92. The van der Waals surface area contributed by atoms with Gasteiger partial charge >= 0.3 is 0 Å². The van der Waals surface area contributed by atoms with Crippen molar-refractivity contribution < 1.29 is 19.0 Å². The van der Waals surface area contributed by atoms with E-state index in [1.807, 2.05) is 17.0 Å². The van der Waals surface area contributed by atoms with Gasteiger partial charge in [0, 0.05) is 19.5 Å². The number of ether oxygens (including phenoxy) is 3. The van der Waals surface area contributed by atoms with Crippen LogP contribution in [0.4, 0.5) is 0 Å². The summed E-state index contributed by atoms with van der Waals surface area (Å²) in [7, 11) is 4.81. The summed E-state index contributed by atoms with van der Waals surface area (Å²) in [5.41, 5.74) is 0.967. The van der Waals surface area contributed by atoms with Crippen LogP contribution in [-0.2, 0) is 11.2 Å². The topological polar surface area (TPSA) is 60.0 Å². The average Bonchev–Trinajstić information content (AvgIpc) is 3.03. The van der Waals surface area contributed by atoms with Crippen molar-refractivity contribution in [3.63, 3.8) is 0 Å². The second-order valence-corrected chi connectivity index (χ2v) is 7.13. The molecule has 0 bridgehead atoms. The number of amides is 1. The monoisotopic (exact) mass is 362 g/mol. The number of hydrogen-bond acceptors (Lipinski definition) is 5. The second kappa shape index (κ2) is 8.62. The highest BCUT2D eigenvalue weighted by Gasteiger charge is 2.31. The van der Waals surface area contributed by atoms with Gasteiger partial charge < -0.3 is 24.4 Å². The van der Waals surface area contributed by atoms with Gasteiger partial charge in [0.05, 0.1) is 21.3 Å². The number of carbonyl (C=O) groups excluding carboxylic acids is 1. The first-order valence-electron chi connectivity index (χ1n) is 9.44. The Bertz CT molecular complexity index is 620. The Morgan fingerprint density at radius 1 is 1.04 bits per heavy atom. The molecule has 0 radical (unpaired) electrons. The average molecular weight is 362 g/mol. The number of methoxy groups -OCH3 is 3. The van der Waals surface area contributed by atoms with Crippen LogP contribution in [0.25, 0.3) is 0 Å². The maximum atomic E-state index is 12.7. The van der Waals surface area contributed by atoms with E-state index in [0.717, 1.165) is 56.4 Å². The van der Waals surface area contributed by atoms with Crippen LogP contribution >= 0.6 is 0 Å². The molecule has 1 N–H and O–H groups in total. The molecule has 3 rings (SSSR count). The molecule has 2 atom stereocenters. The Kier molecular flexibility index (Phi) is 6.25. The fraction of sp³-hybridized carbons (Fsp3) is 0.650. The summed E-state index contributed by atoms with van der Waals surface area (Å²) in [6, 6.07) is 3.81. The number of nitrogens with one attached hydrogen (secondary N) is 1. The highest BCUT2D eigenvalue weighted by molar-refractivity contribution is 5.76. The number of fused-ring (bicyclic) bond motifs is 1. The molecular weight excluding hydrogens is 332 g/mol. The van der Waals surface area contributed by atoms with Gasteiger partial charge in [-0.15, -0.1) is 0 Å². The number of rotatable bonds is 6. The van der Waals surface area contributed by atoms with E-state index in [-0.39, 0.29) is 5.91 Å². The molecule has 0 spiro atoms. The zero-order valence-corrected chi connectivity index (χ0v) is 16.0. The van der Waals surface area contributed by atoms with E-state index < -0.39 is 0 Å². The van der Waals surface area contributed by atoms with Crippen molar-refractivity contribution in [3.05, 3.63) is 17.7 Å². The summed E-state index contributed by atoms with van der Waals surface area (Å²) in [5.74, 6) is 3.56. The molecule has 2 fully saturated rings. The molecule has 0 aromatic heterocycles. The molecule has 2 aliphatic rings. The Labute approximate surface area is 155 Å². The van der Waals surface area contributed by atoms with Crippen LogP contribution < -0.4 is 19.5 Å². The maximum Gasteiger partial charge on any atom is 0.222 e. The first-order chi connectivity index (χ1) is 12.7. The van der Waals surface area contributed by atoms with E-state index in [2.05, 4.69) is 5.32 Å². The van der Waals surface area contributed by atoms with E-state index in [9.17, 15) is 4.79 Å². The number of likely N-dealkylation sites (tertiary alicyclic amines) is 1. The molecule has 1 aromatic rings. The molecule has 0 saturated carbocycles. The van der Waals surface area contributed by atoms with Gasteiger partial charge in [0.25, 0.3) is 0 Å². The van der Waals surface area contributed by atoms with Crippen LogP contribution in [0.3, 0.4) is 0 Å². The van der Waals surface area contributed by atoms with E-state index in [1.165, 1.54) is 0 Å². The van der Waals surface area contributed by atoms with Gasteiger partial charge in [-0.2, -0.15) is 0 Å². The molecule has 1 amide bonds. The molecule has 144 valence electrons. The van der Waals surface area contributed by atoms with Gasteiger partial charge in [-0.25, -0.2) is 0 Å². The smallest absolute Gasteiger partial charge is 0.222 e. The number of carbonyl (C=O) groups is 1. The van der Waals surface area contributed by atoms with Gasteiger partial charge in [0.2, 0.25) is 11.7 Å². The summed E-state index contributed by atoms with van der Waals surface area (Å²) in [6.07, 6.45) is 3.35. The van der Waals surface area contributed by atoms with Crippen molar-refractivity contribution in [1.29, 1.82) is 0 Å². The van der Waals surface area contributed by atoms with Gasteiger partial charge in [-0.3, -0.25) is 4.79 Å². The third-order valence-electron chi connectivity index (χ3n) is 5.77. The first kappa shape index (κ1) is 18.8. The zero-order valence-electron chi connectivity index (χ0n) is 16.0. The lowest BCUT2D eigenvalue weighted by Crippen LogP contribution is -2.32. The summed E-state index contributed by atoms with van der Waals surface area (Å²) < 4.78 is 16.3. The molecule has 6 nitrogen and oxygen atoms in total. The Morgan fingerprint density at radius 2 is 1.69 bits per heavy atom. The Hall–Kier alpha value is -1.95. The quantitative estimate of drug-likeness (QED) is 0.840. The third-order valence-corrected chi connectivity index (χ3v) is 5.77.